The summed E-state index contributed by atoms with van der Waals surface area (Å²) >= 11 is 0. The fourth-order valence-electron chi connectivity index (χ4n) is 2.66. The first-order chi connectivity index (χ1) is 14.0. The average Bonchev–Trinajstić information content (AvgIpc) is 2.65. The van der Waals surface area contributed by atoms with Crippen LogP contribution in [0.4, 0.5) is 0 Å². The van der Waals surface area contributed by atoms with Crippen molar-refractivity contribution < 1.29 is 29.1 Å². The topological polar surface area (TPSA) is 220 Å². The van der Waals surface area contributed by atoms with Gasteiger partial charge in [0.05, 0.1) is 13.0 Å². The molecule has 0 fully saturated rings. The quantitative estimate of drug-likeness (QED) is 0.138. The molecular weight excluding hydrogens is 396 g/mol. The van der Waals surface area contributed by atoms with Gasteiger partial charge in [0.2, 0.25) is 23.6 Å². The maximum Gasteiger partial charge on any atom is 0.326 e. The summed E-state index contributed by atoms with van der Waals surface area (Å²) in [7, 11) is 0. The van der Waals surface area contributed by atoms with Gasteiger partial charge in [-0.2, -0.15) is 0 Å². The van der Waals surface area contributed by atoms with Crippen molar-refractivity contribution >= 4 is 29.6 Å². The van der Waals surface area contributed by atoms with Crippen LogP contribution >= 0.6 is 0 Å². The summed E-state index contributed by atoms with van der Waals surface area (Å²) in [6.45, 7) is 3.76. The van der Waals surface area contributed by atoms with Crippen molar-refractivity contribution in [2.45, 2.75) is 64.1 Å². The highest BCUT2D eigenvalue weighted by Crippen LogP contribution is 2.08. The molecule has 0 saturated heterocycles. The van der Waals surface area contributed by atoms with Gasteiger partial charge in [0.25, 0.3) is 0 Å². The number of unbranched alkanes of at least 4 members (excludes halogenated alkanes) is 1. The van der Waals surface area contributed by atoms with E-state index in [1.165, 1.54) is 0 Å². The third kappa shape index (κ3) is 11.3. The molecule has 10 N–H and O–H groups in total. The van der Waals surface area contributed by atoms with E-state index in [1.807, 2.05) is 13.8 Å². The van der Waals surface area contributed by atoms with Crippen molar-refractivity contribution in [2.75, 3.05) is 13.1 Å². The number of nitrogens with one attached hydrogen (secondary N) is 3. The standard InChI is InChI=1S/C18H34N6O6/c1-10(2)7-12(17(28)24-13(18(29)30)8-14(21)25)23-16(27)11(5-3-4-6-19)22-15(26)9-20/h10-13H,3-9,19-20H2,1-2H3,(H2,21,25)(H,22,26)(H,23,27)(H,24,28)(H,29,30). The number of hydrogen-bond acceptors (Lipinski definition) is 7. The van der Waals surface area contributed by atoms with E-state index >= 15 is 0 Å². The van der Waals surface area contributed by atoms with Gasteiger partial charge in [0.1, 0.15) is 18.1 Å². The Morgan fingerprint density at radius 3 is 1.90 bits per heavy atom. The first-order valence-electron chi connectivity index (χ1n) is 9.83. The number of carbonyl (C=O) groups excluding carboxylic acids is 4. The summed E-state index contributed by atoms with van der Waals surface area (Å²) in [6.07, 6.45) is 1.13. The Bertz CT molecular complexity index is 612. The third-order valence-corrected chi connectivity index (χ3v) is 4.14. The molecule has 0 saturated carbocycles. The minimum atomic E-state index is -1.51. The largest absolute Gasteiger partial charge is 0.480 e. The molecule has 12 heteroatoms. The SMILES string of the molecule is CC(C)CC(NC(=O)C(CCCCN)NC(=O)CN)C(=O)NC(CC(N)=O)C(=O)O. The fraction of sp³-hybridized carbons (Fsp3) is 0.722. The van der Waals surface area contributed by atoms with E-state index in [4.69, 9.17) is 17.2 Å². The van der Waals surface area contributed by atoms with E-state index in [2.05, 4.69) is 16.0 Å². The molecule has 0 aliphatic rings. The Balaban J connectivity index is 5.34. The highest BCUT2D eigenvalue weighted by molar-refractivity contribution is 5.94. The molecule has 0 bridgehead atoms. The van der Waals surface area contributed by atoms with Gasteiger partial charge in [-0.1, -0.05) is 13.8 Å². The van der Waals surface area contributed by atoms with Crippen molar-refractivity contribution in [2.24, 2.45) is 23.1 Å². The second-order valence-electron chi connectivity index (χ2n) is 7.37. The van der Waals surface area contributed by atoms with Gasteiger partial charge in [-0.25, -0.2) is 4.79 Å². The van der Waals surface area contributed by atoms with E-state index in [0.29, 0.717) is 25.8 Å². The summed E-state index contributed by atoms with van der Waals surface area (Å²) in [4.78, 5) is 59.3. The smallest absolute Gasteiger partial charge is 0.326 e. The molecular formula is C18H34N6O6. The summed E-state index contributed by atoms with van der Waals surface area (Å²) < 4.78 is 0. The monoisotopic (exact) mass is 430 g/mol. The van der Waals surface area contributed by atoms with Crippen LogP contribution in [0.5, 0.6) is 0 Å². The number of rotatable bonds is 15. The number of carbonyl (C=O) groups is 5. The van der Waals surface area contributed by atoms with Crippen LogP contribution in [0.15, 0.2) is 0 Å². The zero-order valence-electron chi connectivity index (χ0n) is 17.5. The lowest BCUT2D eigenvalue weighted by Crippen LogP contribution is -2.56. The van der Waals surface area contributed by atoms with Crippen LogP contribution in [0, 0.1) is 5.92 Å². The summed E-state index contributed by atoms with van der Waals surface area (Å²) in [5, 5.41) is 16.5. The number of aliphatic carboxylic acids is 1. The molecule has 0 aliphatic carbocycles. The van der Waals surface area contributed by atoms with Gasteiger partial charge >= 0.3 is 5.97 Å². The molecule has 0 heterocycles. The van der Waals surface area contributed by atoms with Crippen LogP contribution in [-0.4, -0.2) is 65.9 Å². The number of carboxylic acid groups (broad SMARTS) is 1. The molecule has 4 amide bonds. The number of primary amides is 1. The third-order valence-electron chi connectivity index (χ3n) is 4.14. The van der Waals surface area contributed by atoms with Crippen LogP contribution in [0.3, 0.4) is 0 Å². The summed E-state index contributed by atoms with van der Waals surface area (Å²) in [6, 6.07) is -3.51. The molecule has 0 aromatic heterocycles. The fourth-order valence-corrected chi connectivity index (χ4v) is 2.66. The zero-order chi connectivity index (χ0) is 23.3. The Labute approximate surface area is 175 Å². The maximum atomic E-state index is 12.7. The number of carboxylic acids is 1. The molecule has 172 valence electrons. The molecule has 0 aromatic rings. The zero-order valence-corrected chi connectivity index (χ0v) is 17.5. The van der Waals surface area contributed by atoms with Crippen LogP contribution in [0.25, 0.3) is 0 Å². The van der Waals surface area contributed by atoms with Crippen LogP contribution < -0.4 is 33.2 Å². The normalized spacial score (nSPS) is 13.8. The van der Waals surface area contributed by atoms with Gasteiger partial charge in [-0.05, 0) is 38.1 Å². The second-order valence-corrected chi connectivity index (χ2v) is 7.37. The van der Waals surface area contributed by atoms with E-state index in [-0.39, 0.29) is 18.9 Å². The van der Waals surface area contributed by atoms with Gasteiger partial charge in [-0.3, -0.25) is 19.2 Å². The van der Waals surface area contributed by atoms with Crippen molar-refractivity contribution in [3.05, 3.63) is 0 Å². The Morgan fingerprint density at radius 1 is 0.867 bits per heavy atom. The highest BCUT2D eigenvalue weighted by Gasteiger charge is 2.30. The Hall–Kier alpha value is -2.73. The molecule has 0 rings (SSSR count). The van der Waals surface area contributed by atoms with E-state index in [1.54, 1.807) is 0 Å². The number of amides is 4. The number of hydrogen-bond donors (Lipinski definition) is 7. The van der Waals surface area contributed by atoms with Gasteiger partial charge in [0, 0.05) is 0 Å². The lowest BCUT2D eigenvalue weighted by molar-refractivity contribution is -0.143. The highest BCUT2D eigenvalue weighted by atomic mass is 16.4. The molecule has 0 spiro atoms. The predicted molar refractivity (Wildman–Crippen MR) is 109 cm³/mol. The molecule has 12 nitrogen and oxygen atoms in total. The van der Waals surface area contributed by atoms with Crippen LogP contribution in [-0.2, 0) is 24.0 Å². The van der Waals surface area contributed by atoms with Crippen LogP contribution in [0.2, 0.25) is 0 Å². The molecule has 30 heavy (non-hydrogen) atoms. The van der Waals surface area contributed by atoms with E-state index in [0.717, 1.165) is 0 Å². The van der Waals surface area contributed by atoms with Crippen molar-refractivity contribution in [3.8, 4) is 0 Å². The first kappa shape index (κ1) is 27.3. The molecule has 0 aliphatic heterocycles. The minimum absolute atomic E-state index is 0.0187. The lowest BCUT2D eigenvalue weighted by Gasteiger charge is -2.25. The molecule has 0 radical (unpaired) electrons. The first-order valence-corrected chi connectivity index (χ1v) is 9.83. The Morgan fingerprint density at radius 2 is 1.43 bits per heavy atom. The van der Waals surface area contributed by atoms with Crippen molar-refractivity contribution in [1.82, 2.24) is 16.0 Å². The summed E-state index contributed by atoms with van der Waals surface area (Å²) in [5.74, 6) is -4.23. The average molecular weight is 431 g/mol. The molecule has 0 aromatic carbocycles. The predicted octanol–water partition coefficient (Wildman–Crippen LogP) is -2.47. The van der Waals surface area contributed by atoms with Crippen molar-refractivity contribution in [1.29, 1.82) is 0 Å². The van der Waals surface area contributed by atoms with E-state index in [9.17, 15) is 29.1 Å². The Kier molecular flexibility index (Phi) is 13.0. The molecule has 3 atom stereocenters. The molecule has 3 unspecified atom stereocenters. The second kappa shape index (κ2) is 14.3. The van der Waals surface area contributed by atoms with Gasteiger partial charge in [-0.15, -0.1) is 0 Å². The van der Waals surface area contributed by atoms with Gasteiger partial charge < -0.3 is 38.3 Å². The lowest BCUT2D eigenvalue weighted by atomic mass is 10.0. The number of nitrogens with two attached hydrogens (primary N) is 3. The minimum Gasteiger partial charge on any atom is -0.480 e. The summed E-state index contributed by atoms with van der Waals surface area (Å²) in [5.41, 5.74) is 15.8. The maximum absolute atomic E-state index is 12.7. The van der Waals surface area contributed by atoms with Gasteiger partial charge in [0.15, 0.2) is 0 Å². The van der Waals surface area contributed by atoms with E-state index < -0.39 is 54.1 Å². The van der Waals surface area contributed by atoms with Crippen LogP contribution in [0.1, 0.15) is 46.0 Å². The van der Waals surface area contributed by atoms with Crippen molar-refractivity contribution in [3.63, 3.8) is 0 Å².